The van der Waals surface area contributed by atoms with Crippen molar-refractivity contribution in [2.24, 2.45) is 0 Å². The van der Waals surface area contributed by atoms with Crippen molar-refractivity contribution in [2.45, 2.75) is 53.4 Å². The first-order valence-electron chi connectivity index (χ1n) is 9.26. The largest absolute Gasteiger partial charge is 0.462 e. The number of Topliss-reactive ketones (excluding diaryl/α,β-unsaturated/α-hetero) is 1. The van der Waals surface area contributed by atoms with E-state index in [0.29, 0.717) is 22.6 Å². The molecule has 0 bridgehead atoms. The number of carbonyl (C=O) groups is 3. The molecule has 0 spiro atoms. The summed E-state index contributed by atoms with van der Waals surface area (Å²) in [7, 11) is 0. The summed E-state index contributed by atoms with van der Waals surface area (Å²) in [6.07, 6.45) is -0.978. The third-order valence-electron chi connectivity index (χ3n) is 4.49. The van der Waals surface area contributed by atoms with Crippen molar-refractivity contribution in [3.8, 4) is 0 Å². The summed E-state index contributed by atoms with van der Waals surface area (Å²) in [6.45, 7) is 10.5. The van der Waals surface area contributed by atoms with E-state index in [1.165, 1.54) is 18.7 Å². The van der Waals surface area contributed by atoms with Crippen molar-refractivity contribution >= 4 is 29.5 Å². The molecule has 0 aliphatic heterocycles. The van der Waals surface area contributed by atoms with Crippen LogP contribution in [-0.2, 0) is 20.0 Å². The number of H-pyrrole nitrogens is 1. The van der Waals surface area contributed by atoms with Crippen LogP contribution < -0.4 is 0 Å². The van der Waals surface area contributed by atoms with Gasteiger partial charge in [0.2, 0.25) is 5.78 Å². The molecule has 158 valence electrons. The molecule has 0 aliphatic carbocycles. The van der Waals surface area contributed by atoms with Crippen LogP contribution in [0.25, 0.3) is 0 Å². The third-order valence-corrected chi connectivity index (χ3v) is 5.42. The maximum atomic E-state index is 12.7. The van der Waals surface area contributed by atoms with Gasteiger partial charge < -0.3 is 19.0 Å². The number of carbonyl (C=O) groups excluding carboxylic acids is 3. The fourth-order valence-corrected chi connectivity index (χ4v) is 3.89. The third kappa shape index (κ3) is 5.29. The van der Waals surface area contributed by atoms with E-state index in [0.717, 1.165) is 17.0 Å². The fourth-order valence-electron chi connectivity index (χ4n) is 2.94. The number of ether oxygens (including phenoxy) is 2. The van der Waals surface area contributed by atoms with E-state index in [-0.39, 0.29) is 18.1 Å². The molecular weight excluding hydrogens is 396 g/mol. The molecule has 0 aliphatic rings. The summed E-state index contributed by atoms with van der Waals surface area (Å²) in [6, 6.07) is 0. The zero-order valence-corrected chi connectivity index (χ0v) is 18.3. The number of nitrogens with zero attached hydrogens (tertiary/aromatic N) is 1. The highest BCUT2D eigenvalue weighted by Gasteiger charge is 2.27. The number of hydrogen-bond acceptors (Lipinski definition) is 8. The molecule has 1 atom stereocenters. The summed E-state index contributed by atoms with van der Waals surface area (Å²) in [5.74, 6) is 0.00834. The lowest BCUT2D eigenvalue weighted by Gasteiger charge is -2.12. The van der Waals surface area contributed by atoms with Crippen LogP contribution in [-0.4, -0.2) is 46.3 Å². The van der Waals surface area contributed by atoms with Gasteiger partial charge in [0, 0.05) is 17.0 Å². The van der Waals surface area contributed by atoms with Gasteiger partial charge in [-0.05, 0) is 47.1 Å². The van der Waals surface area contributed by atoms with Gasteiger partial charge in [-0.25, -0.2) is 4.79 Å². The minimum Gasteiger partial charge on any atom is -0.462 e. The predicted octanol–water partition coefficient (Wildman–Crippen LogP) is 3.46. The summed E-state index contributed by atoms with van der Waals surface area (Å²) in [4.78, 5) is 39.8. The molecule has 0 saturated carbocycles. The van der Waals surface area contributed by atoms with Crippen LogP contribution in [0, 0.1) is 27.7 Å². The lowest BCUT2D eigenvalue weighted by atomic mass is 10.1. The maximum Gasteiger partial charge on any atom is 0.340 e. The van der Waals surface area contributed by atoms with Crippen molar-refractivity contribution in [3.63, 3.8) is 0 Å². The quantitative estimate of drug-likeness (QED) is 0.483. The second-order valence-electron chi connectivity index (χ2n) is 6.64. The molecule has 2 aromatic heterocycles. The van der Waals surface area contributed by atoms with Gasteiger partial charge in [-0.2, -0.15) is 0 Å². The van der Waals surface area contributed by atoms with Gasteiger partial charge in [0.15, 0.2) is 6.10 Å². The van der Waals surface area contributed by atoms with Gasteiger partial charge in [-0.3, -0.25) is 9.59 Å². The van der Waals surface area contributed by atoms with E-state index in [1.807, 2.05) is 13.8 Å². The molecule has 0 saturated heterocycles. The predicted molar refractivity (Wildman–Crippen MR) is 108 cm³/mol. The van der Waals surface area contributed by atoms with Gasteiger partial charge >= 0.3 is 11.9 Å². The number of aromatic amines is 1. The fraction of sp³-hybridized carbons (Fsp3) is 0.500. The first kappa shape index (κ1) is 22.7. The topological polar surface area (TPSA) is 111 Å². The second kappa shape index (κ2) is 9.78. The highest BCUT2D eigenvalue weighted by molar-refractivity contribution is 7.99. The first-order chi connectivity index (χ1) is 13.7. The molecule has 0 amide bonds. The van der Waals surface area contributed by atoms with Gasteiger partial charge in [-0.1, -0.05) is 5.16 Å². The van der Waals surface area contributed by atoms with Crippen molar-refractivity contribution in [1.29, 1.82) is 0 Å². The summed E-state index contributed by atoms with van der Waals surface area (Å²) in [5.41, 5.74) is 3.36. The van der Waals surface area contributed by atoms with Crippen molar-refractivity contribution < 1.29 is 28.4 Å². The normalized spacial score (nSPS) is 11.9. The minimum absolute atomic E-state index is 0.0957. The summed E-state index contributed by atoms with van der Waals surface area (Å²) >= 11 is 1.36. The average Bonchev–Trinajstić information content (AvgIpc) is 3.13. The van der Waals surface area contributed by atoms with Gasteiger partial charge in [0.1, 0.15) is 5.76 Å². The van der Waals surface area contributed by atoms with E-state index < -0.39 is 23.8 Å². The summed E-state index contributed by atoms with van der Waals surface area (Å²) < 4.78 is 15.4. The van der Waals surface area contributed by atoms with Crippen LogP contribution in [0.3, 0.4) is 0 Å². The van der Waals surface area contributed by atoms with Crippen molar-refractivity contribution in [2.75, 3.05) is 12.4 Å². The van der Waals surface area contributed by atoms with Crippen LogP contribution in [0.4, 0.5) is 0 Å². The van der Waals surface area contributed by atoms with Gasteiger partial charge in [0.25, 0.3) is 0 Å². The Hall–Kier alpha value is -2.55. The van der Waals surface area contributed by atoms with Gasteiger partial charge in [0.05, 0.1) is 29.3 Å². The average molecular weight is 423 g/mol. The zero-order valence-electron chi connectivity index (χ0n) is 17.5. The van der Waals surface area contributed by atoms with E-state index in [1.54, 1.807) is 20.8 Å². The monoisotopic (exact) mass is 422 g/mol. The Morgan fingerprint density at radius 3 is 2.48 bits per heavy atom. The molecule has 1 N–H and O–H groups in total. The van der Waals surface area contributed by atoms with E-state index in [2.05, 4.69) is 10.1 Å². The molecule has 0 radical (unpaired) electrons. The molecule has 2 aromatic rings. The number of aryl methyl sites for hydroxylation is 3. The minimum atomic E-state index is -0.978. The smallest absolute Gasteiger partial charge is 0.340 e. The van der Waals surface area contributed by atoms with E-state index in [9.17, 15) is 14.4 Å². The molecule has 9 heteroatoms. The SMILES string of the molecule is CCOC(=O)c1c(C)[nH]c(C(=O)[C@H](C)OC(=O)CSCc2c(C)noc2C)c1C. The Labute approximate surface area is 173 Å². The van der Waals surface area contributed by atoms with Crippen LogP contribution in [0.15, 0.2) is 4.52 Å². The Bertz CT molecular complexity index is 895. The van der Waals surface area contributed by atoms with Crippen LogP contribution in [0.2, 0.25) is 0 Å². The highest BCUT2D eigenvalue weighted by atomic mass is 32.2. The van der Waals surface area contributed by atoms with Crippen LogP contribution in [0.5, 0.6) is 0 Å². The molecule has 0 unspecified atom stereocenters. The molecule has 8 nitrogen and oxygen atoms in total. The standard InChI is InChI=1S/C20H26N2O6S/c1-7-26-20(25)17-10(2)18(21-12(17)4)19(24)14(6)27-16(23)9-29-8-15-11(3)22-28-13(15)5/h14,21H,7-9H2,1-6H3/t14-/m0/s1. The lowest BCUT2D eigenvalue weighted by molar-refractivity contribution is -0.143. The molecule has 29 heavy (non-hydrogen) atoms. The van der Waals surface area contributed by atoms with E-state index in [4.69, 9.17) is 14.0 Å². The number of rotatable bonds is 9. The molecule has 2 rings (SSSR count). The lowest BCUT2D eigenvalue weighted by Crippen LogP contribution is -2.26. The number of ketones is 1. The van der Waals surface area contributed by atoms with Crippen LogP contribution in [0.1, 0.15) is 63.0 Å². The van der Waals surface area contributed by atoms with Crippen molar-refractivity contribution in [3.05, 3.63) is 39.5 Å². The Morgan fingerprint density at radius 1 is 1.21 bits per heavy atom. The second-order valence-corrected chi connectivity index (χ2v) is 7.62. The van der Waals surface area contributed by atoms with Crippen LogP contribution >= 0.6 is 11.8 Å². The number of thioether (sulfide) groups is 1. The molecular formula is C20H26N2O6S. The zero-order chi connectivity index (χ0) is 21.7. The number of aromatic nitrogens is 2. The van der Waals surface area contributed by atoms with Gasteiger partial charge in [-0.15, -0.1) is 11.8 Å². The number of nitrogens with one attached hydrogen (secondary N) is 1. The van der Waals surface area contributed by atoms with Crippen molar-refractivity contribution in [1.82, 2.24) is 10.1 Å². The van der Waals surface area contributed by atoms with E-state index >= 15 is 0 Å². The summed E-state index contributed by atoms with van der Waals surface area (Å²) in [5, 5.41) is 3.87. The highest BCUT2D eigenvalue weighted by Crippen LogP contribution is 2.22. The molecule has 0 fully saturated rings. The Balaban J connectivity index is 1.95. The Morgan fingerprint density at radius 2 is 1.90 bits per heavy atom. The Kier molecular flexibility index (Phi) is 7.66. The number of hydrogen-bond donors (Lipinski definition) is 1. The molecule has 2 heterocycles. The number of esters is 2. The first-order valence-corrected chi connectivity index (χ1v) is 10.4. The molecule has 0 aromatic carbocycles. The maximum absolute atomic E-state index is 12.7.